The van der Waals surface area contributed by atoms with Crippen LogP contribution < -0.4 is 0 Å². The van der Waals surface area contributed by atoms with Crippen molar-refractivity contribution in [1.29, 1.82) is 0 Å². The topological polar surface area (TPSA) is 49.7 Å². The molecular weight excluding hydrogens is 354 g/mol. The molecule has 4 heterocycles. The Morgan fingerprint density at radius 1 is 1.30 bits per heavy atom. The monoisotopic (exact) mass is 377 g/mol. The highest BCUT2D eigenvalue weighted by molar-refractivity contribution is 7.09. The van der Waals surface area contributed by atoms with E-state index in [1.165, 1.54) is 27.7 Å². The summed E-state index contributed by atoms with van der Waals surface area (Å²) in [6.45, 7) is 6.22. The van der Waals surface area contributed by atoms with Crippen LogP contribution >= 0.6 is 11.3 Å². The lowest BCUT2D eigenvalue weighted by atomic mass is 9.94. The predicted octanol–water partition coefficient (Wildman–Crippen LogP) is 4.55. The van der Waals surface area contributed by atoms with Gasteiger partial charge in [-0.3, -0.25) is 9.58 Å². The van der Waals surface area contributed by atoms with Crippen molar-refractivity contribution in [3.05, 3.63) is 70.1 Å². The van der Waals surface area contributed by atoms with Gasteiger partial charge in [0, 0.05) is 52.5 Å². The number of hydrogen-bond donors (Lipinski definition) is 1. The van der Waals surface area contributed by atoms with Gasteiger partial charge in [-0.05, 0) is 31.9 Å². The predicted molar refractivity (Wildman–Crippen MR) is 109 cm³/mol. The van der Waals surface area contributed by atoms with Crippen LogP contribution in [0.1, 0.15) is 47.8 Å². The summed E-state index contributed by atoms with van der Waals surface area (Å²) >= 11 is 1.73. The third kappa shape index (κ3) is 2.89. The van der Waals surface area contributed by atoms with E-state index in [9.17, 15) is 0 Å². The molecule has 0 spiro atoms. The van der Waals surface area contributed by atoms with Gasteiger partial charge in [0.1, 0.15) is 5.01 Å². The zero-order valence-electron chi connectivity index (χ0n) is 15.6. The largest absolute Gasteiger partial charge is 0.357 e. The minimum Gasteiger partial charge on any atom is -0.357 e. The minimum absolute atomic E-state index is 0.178. The number of fused-ring (bicyclic) bond motifs is 3. The van der Waals surface area contributed by atoms with Crippen molar-refractivity contribution in [1.82, 2.24) is 24.6 Å². The fourth-order valence-corrected chi connectivity index (χ4v) is 4.76. The van der Waals surface area contributed by atoms with Crippen LogP contribution in [0.4, 0.5) is 0 Å². The lowest BCUT2D eigenvalue weighted by Crippen LogP contribution is -2.35. The van der Waals surface area contributed by atoms with E-state index in [2.05, 4.69) is 69.7 Å². The Morgan fingerprint density at radius 3 is 2.96 bits per heavy atom. The van der Waals surface area contributed by atoms with Gasteiger partial charge in [-0.2, -0.15) is 5.10 Å². The molecule has 0 radical (unpaired) electrons. The number of thiazole rings is 1. The van der Waals surface area contributed by atoms with Gasteiger partial charge in [0.25, 0.3) is 0 Å². The summed E-state index contributed by atoms with van der Waals surface area (Å²) in [6.07, 6.45) is 7.18. The first-order valence-corrected chi connectivity index (χ1v) is 10.3. The molecule has 6 heteroatoms. The molecule has 4 aromatic rings. The third-order valence-electron chi connectivity index (χ3n) is 5.42. The van der Waals surface area contributed by atoms with Gasteiger partial charge in [0.2, 0.25) is 0 Å². The highest BCUT2D eigenvalue weighted by Crippen LogP contribution is 2.39. The summed E-state index contributed by atoms with van der Waals surface area (Å²) in [7, 11) is 0. The standard InChI is InChI=1S/C21H23N5S/c1-14(2)26-12-15(11-23-26)21-20-17(16-5-3-4-6-18(16)24-20)7-9-25(21)13-19-22-8-10-27-19/h3-6,8,10-12,14,21,24H,7,9,13H2,1-2H3. The average Bonchev–Trinajstić information content (AvgIpc) is 3.41. The van der Waals surface area contributed by atoms with Crippen LogP contribution in [-0.2, 0) is 13.0 Å². The number of hydrogen-bond acceptors (Lipinski definition) is 4. The van der Waals surface area contributed by atoms with Gasteiger partial charge < -0.3 is 4.98 Å². The molecule has 3 aromatic heterocycles. The van der Waals surface area contributed by atoms with Crippen molar-refractivity contribution in [2.45, 2.75) is 38.9 Å². The second-order valence-corrected chi connectivity index (χ2v) is 8.44. The number of H-pyrrole nitrogens is 1. The van der Waals surface area contributed by atoms with Gasteiger partial charge in [0.05, 0.1) is 18.8 Å². The number of para-hydroxylation sites is 1. The highest BCUT2D eigenvalue weighted by Gasteiger charge is 2.33. The average molecular weight is 378 g/mol. The second-order valence-electron chi connectivity index (χ2n) is 7.46. The molecule has 1 aliphatic heterocycles. The number of aromatic amines is 1. The Labute approximate surface area is 162 Å². The maximum atomic E-state index is 4.61. The lowest BCUT2D eigenvalue weighted by Gasteiger charge is -2.34. The SMILES string of the molecule is CC(C)n1cc(C2c3[nH]c4ccccc4c3CCN2Cc2nccs2)cn1. The Hall–Kier alpha value is -2.44. The Bertz CT molecular complexity index is 1060. The normalized spacial score (nSPS) is 17.7. The summed E-state index contributed by atoms with van der Waals surface area (Å²) in [4.78, 5) is 10.8. The van der Waals surface area contributed by atoms with Crippen molar-refractivity contribution in [2.24, 2.45) is 0 Å². The number of nitrogens with zero attached hydrogens (tertiary/aromatic N) is 4. The van der Waals surface area contributed by atoms with Crippen molar-refractivity contribution in [2.75, 3.05) is 6.54 Å². The lowest BCUT2D eigenvalue weighted by molar-refractivity contribution is 0.201. The van der Waals surface area contributed by atoms with Gasteiger partial charge in [-0.1, -0.05) is 18.2 Å². The first-order chi connectivity index (χ1) is 13.2. The number of benzene rings is 1. The quantitative estimate of drug-likeness (QED) is 0.568. The summed E-state index contributed by atoms with van der Waals surface area (Å²) in [5, 5.41) is 9.18. The summed E-state index contributed by atoms with van der Waals surface area (Å²) in [6, 6.07) is 9.17. The van der Waals surface area contributed by atoms with Crippen LogP contribution in [0, 0.1) is 0 Å². The van der Waals surface area contributed by atoms with Crippen molar-refractivity contribution < 1.29 is 0 Å². The summed E-state index contributed by atoms with van der Waals surface area (Å²) in [5.74, 6) is 0. The number of rotatable bonds is 4. The molecule has 0 aliphatic carbocycles. The maximum Gasteiger partial charge on any atom is 0.107 e. The molecule has 0 saturated carbocycles. The number of aromatic nitrogens is 4. The first kappa shape index (κ1) is 16.7. The Kier molecular flexibility index (Phi) is 4.10. The summed E-state index contributed by atoms with van der Waals surface area (Å²) in [5.41, 5.74) is 5.22. The first-order valence-electron chi connectivity index (χ1n) is 9.46. The molecule has 0 fully saturated rings. The number of nitrogens with one attached hydrogen (secondary N) is 1. The molecule has 27 heavy (non-hydrogen) atoms. The minimum atomic E-state index is 0.178. The maximum absolute atomic E-state index is 4.61. The molecule has 1 unspecified atom stereocenters. The fourth-order valence-electron chi connectivity index (χ4n) is 4.12. The highest BCUT2D eigenvalue weighted by atomic mass is 32.1. The molecule has 1 aromatic carbocycles. The zero-order valence-corrected chi connectivity index (χ0v) is 16.4. The van der Waals surface area contributed by atoms with Crippen LogP contribution in [0.25, 0.3) is 10.9 Å². The Balaban J connectivity index is 1.62. The molecule has 1 aliphatic rings. The molecule has 5 nitrogen and oxygen atoms in total. The zero-order chi connectivity index (χ0) is 18.4. The van der Waals surface area contributed by atoms with Gasteiger partial charge in [-0.15, -0.1) is 11.3 Å². The van der Waals surface area contributed by atoms with E-state index in [4.69, 9.17) is 0 Å². The van der Waals surface area contributed by atoms with E-state index in [1.54, 1.807) is 11.3 Å². The third-order valence-corrected chi connectivity index (χ3v) is 6.19. The van der Waals surface area contributed by atoms with Gasteiger partial charge >= 0.3 is 0 Å². The molecule has 5 rings (SSSR count). The van der Waals surface area contributed by atoms with Crippen LogP contribution in [0.2, 0.25) is 0 Å². The molecule has 138 valence electrons. The van der Waals surface area contributed by atoms with E-state index < -0.39 is 0 Å². The molecule has 0 saturated heterocycles. The molecule has 1 atom stereocenters. The van der Waals surface area contributed by atoms with Gasteiger partial charge in [0.15, 0.2) is 0 Å². The van der Waals surface area contributed by atoms with E-state index >= 15 is 0 Å². The van der Waals surface area contributed by atoms with Crippen LogP contribution in [0.15, 0.2) is 48.2 Å². The molecule has 0 amide bonds. The van der Waals surface area contributed by atoms with Crippen molar-refractivity contribution >= 4 is 22.2 Å². The molecular formula is C21H23N5S. The smallest absolute Gasteiger partial charge is 0.107 e. The Morgan fingerprint density at radius 2 is 2.19 bits per heavy atom. The molecule has 1 N–H and O–H groups in total. The van der Waals surface area contributed by atoms with E-state index in [0.717, 1.165) is 24.5 Å². The van der Waals surface area contributed by atoms with Crippen LogP contribution in [0.3, 0.4) is 0 Å². The van der Waals surface area contributed by atoms with E-state index in [1.807, 2.05) is 17.1 Å². The van der Waals surface area contributed by atoms with Crippen LogP contribution in [-0.4, -0.2) is 31.2 Å². The van der Waals surface area contributed by atoms with Crippen molar-refractivity contribution in [3.63, 3.8) is 0 Å². The van der Waals surface area contributed by atoms with E-state index in [0.29, 0.717) is 6.04 Å². The van der Waals surface area contributed by atoms with Crippen molar-refractivity contribution in [3.8, 4) is 0 Å². The second kappa shape index (κ2) is 6.62. The molecule has 0 bridgehead atoms. The van der Waals surface area contributed by atoms with E-state index in [-0.39, 0.29) is 6.04 Å². The van der Waals surface area contributed by atoms with Crippen LogP contribution in [0.5, 0.6) is 0 Å². The van der Waals surface area contributed by atoms with Gasteiger partial charge in [-0.25, -0.2) is 4.98 Å². The summed E-state index contributed by atoms with van der Waals surface area (Å²) < 4.78 is 2.05. The fraction of sp³-hybridized carbons (Fsp3) is 0.333.